The Kier molecular flexibility index (Phi) is 5.39. The lowest BCUT2D eigenvalue weighted by Gasteiger charge is -2.35. The summed E-state index contributed by atoms with van der Waals surface area (Å²) in [6, 6.07) is 18.3. The minimum absolute atomic E-state index is 0.0205. The fourth-order valence-corrected chi connectivity index (χ4v) is 3.21. The number of ether oxygens (including phenoxy) is 1. The first-order valence-electron chi connectivity index (χ1n) is 9.04. The number of anilines is 1. The maximum absolute atomic E-state index is 12.6. The van der Waals surface area contributed by atoms with Gasteiger partial charge in [-0.2, -0.15) is 0 Å². The molecule has 1 fully saturated rings. The Balaban J connectivity index is 1.39. The molecule has 7 heteroatoms. The van der Waals surface area contributed by atoms with Crippen molar-refractivity contribution in [3.8, 4) is 11.6 Å². The molecule has 0 spiro atoms. The van der Waals surface area contributed by atoms with E-state index in [-0.39, 0.29) is 5.91 Å². The van der Waals surface area contributed by atoms with E-state index in [1.807, 2.05) is 41.3 Å². The van der Waals surface area contributed by atoms with Crippen LogP contribution in [-0.2, 0) is 0 Å². The predicted molar refractivity (Wildman–Crippen MR) is 108 cm³/mol. The van der Waals surface area contributed by atoms with Gasteiger partial charge in [0.25, 0.3) is 5.91 Å². The van der Waals surface area contributed by atoms with Crippen molar-refractivity contribution in [2.45, 2.75) is 0 Å². The highest BCUT2D eigenvalue weighted by Gasteiger charge is 2.23. The van der Waals surface area contributed by atoms with Gasteiger partial charge in [0.2, 0.25) is 5.88 Å². The normalized spacial score (nSPS) is 14.0. The average Bonchev–Trinajstić information content (AvgIpc) is 2.75. The third-order valence-corrected chi connectivity index (χ3v) is 4.83. The van der Waals surface area contributed by atoms with Gasteiger partial charge in [-0.15, -0.1) is 0 Å². The van der Waals surface area contributed by atoms with Crippen LogP contribution in [0.1, 0.15) is 10.4 Å². The van der Waals surface area contributed by atoms with E-state index in [0.29, 0.717) is 42.6 Å². The molecule has 0 saturated carbocycles. The summed E-state index contributed by atoms with van der Waals surface area (Å²) in [5, 5.41) is 0.624. The number of piperazine rings is 1. The molecule has 0 bridgehead atoms. The van der Waals surface area contributed by atoms with Crippen LogP contribution < -0.4 is 9.64 Å². The molecule has 0 aliphatic carbocycles. The van der Waals surface area contributed by atoms with E-state index in [4.69, 9.17) is 16.3 Å². The van der Waals surface area contributed by atoms with Gasteiger partial charge in [0.15, 0.2) is 0 Å². The molecule has 0 unspecified atom stereocenters. The zero-order valence-corrected chi connectivity index (χ0v) is 15.9. The fourth-order valence-electron chi connectivity index (χ4n) is 3.08. The second-order valence-corrected chi connectivity index (χ2v) is 6.85. The summed E-state index contributed by atoms with van der Waals surface area (Å²) in [4.78, 5) is 25.2. The smallest absolute Gasteiger partial charge is 0.253 e. The minimum atomic E-state index is 0.0205. The Labute approximate surface area is 168 Å². The lowest BCUT2D eigenvalue weighted by molar-refractivity contribution is 0.0746. The summed E-state index contributed by atoms with van der Waals surface area (Å²) in [5.41, 5.74) is 0.651. The third-order valence-electron chi connectivity index (χ3n) is 4.58. The molecule has 0 radical (unpaired) electrons. The number of rotatable bonds is 4. The lowest BCUT2D eigenvalue weighted by atomic mass is 10.2. The number of nitrogens with zero attached hydrogens (tertiary/aromatic N) is 4. The van der Waals surface area contributed by atoms with Crippen LogP contribution in [0.25, 0.3) is 0 Å². The van der Waals surface area contributed by atoms with E-state index < -0.39 is 0 Å². The van der Waals surface area contributed by atoms with Crippen molar-refractivity contribution in [1.29, 1.82) is 0 Å². The van der Waals surface area contributed by atoms with Gasteiger partial charge < -0.3 is 14.5 Å². The van der Waals surface area contributed by atoms with Crippen LogP contribution in [0.5, 0.6) is 11.6 Å². The van der Waals surface area contributed by atoms with Crippen molar-refractivity contribution < 1.29 is 9.53 Å². The third kappa shape index (κ3) is 4.23. The number of benzene rings is 2. The predicted octanol–water partition coefficient (Wildman–Crippen LogP) is 3.88. The Morgan fingerprint density at radius 1 is 0.929 bits per heavy atom. The van der Waals surface area contributed by atoms with E-state index in [0.717, 1.165) is 11.6 Å². The standard InChI is InChI=1S/C21H19ClN4O2/c22-17-8-6-16(7-9-17)21(27)26-12-10-25(11-13-26)19-14-20(24-15-23-19)28-18-4-2-1-3-5-18/h1-9,14-15H,10-13H2. The maximum Gasteiger partial charge on any atom is 0.253 e. The molecule has 1 amide bonds. The van der Waals surface area contributed by atoms with Gasteiger partial charge in [-0.3, -0.25) is 4.79 Å². The topological polar surface area (TPSA) is 58.6 Å². The van der Waals surface area contributed by atoms with Crippen molar-refractivity contribution in [3.05, 3.63) is 77.6 Å². The van der Waals surface area contributed by atoms with Crippen molar-refractivity contribution in [1.82, 2.24) is 14.9 Å². The molecule has 1 aliphatic rings. The molecular weight excluding hydrogens is 376 g/mol. The van der Waals surface area contributed by atoms with Gasteiger partial charge in [-0.25, -0.2) is 9.97 Å². The molecule has 2 aromatic carbocycles. The zero-order valence-electron chi connectivity index (χ0n) is 15.2. The second kappa shape index (κ2) is 8.27. The number of amides is 1. The largest absolute Gasteiger partial charge is 0.439 e. The monoisotopic (exact) mass is 394 g/mol. The van der Waals surface area contributed by atoms with Gasteiger partial charge in [0, 0.05) is 42.8 Å². The summed E-state index contributed by atoms with van der Waals surface area (Å²) in [5.74, 6) is 2.04. The van der Waals surface area contributed by atoms with Crippen molar-refractivity contribution in [3.63, 3.8) is 0 Å². The zero-order chi connectivity index (χ0) is 19.3. The Bertz CT molecular complexity index is 942. The summed E-state index contributed by atoms with van der Waals surface area (Å²) in [6.45, 7) is 2.64. The molecule has 1 aliphatic heterocycles. The number of carbonyl (C=O) groups is 1. The van der Waals surface area contributed by atoms with Crippen molar-refractivity contribution in [2.24, 2.45) is 0 Å². The van der Waals surface area contributed by atoms with Crippen LogP contribution in [0.3, 0.4) is 0 Å². The first kappa shape index (κ1) is 18.3. The van der Waals surface area contributed by atoms with Crippen LogP contribution in [0.15, 0.2) is 67.0 Å². The van der Waals surface area contributed by atoms with E-state index in [2.05, 4.69) is 14.9 Å². The van der Waals surface area contributed by atoms with Gasteiger partial charge >= 0.3 is 0 Å². The van der Waals surface area contributed by atoms with Gasteiger partial charge in [-0.1, -0.05) is 29.8 Å². The molecule has 2 heterocycles. The molecule has 0 atom stereocenters. The van der Waals surface area contributed by atoms with Crippen LogP contribution in [0.2, 0.25) is 5.02 Å². The van der Waals surface area contributed by atoms with Gasteiger partial charge in [-0.05, 0) is 36.4 Å². The molecule has 3 aromatic rings. The van der Waals surface area contributed by atoms with Crippen LogP contribution in [0, 0.1) is 0 Å². The number of halogens is 1. The van der Waals surface area contributed by atoms with Crippen LogP contribution >= 0.6 is 11.6 Å². The number of para-hydroxylation sites is 1. The highest BCUT2D eigenvalue weighted by molar-refractivity contribution is 6.30. The van der Waals surface area contributed by atoms with E-state index in [1.54, 1.807) is 24.3 Å². The van der Waals surface area contributed by atoms with Crippen molar-refractivity contribution >= 4 is 23.3 Å². The van der Waals surface area contributed by atoms with Gasteiger partial charge in [0.05, 0.1) is 0 Å². The molecular formula is C21H19ClN4O2. The van der Waals surface area contributed by atoms with E-state index >= 15 is 0 Å². The number of carbonyl (C=O) groups excluding carboxylic acids is 1. The molecule has 0 N–H and O–H groups in total. The van der Waals surface area contributed by atoms with Gasteiger partial charge in [0.1, 0.15) is 17.9 Å². The van der Waals surface area contributed by atoms with E-state index in [1.165, 1.54) is 6.33 Å². The molecule has 6 nitrogen and oxygen atoms in total. The highest BCUT2D eigenvalue weighted by atomic mass is 35.5. The maximum atomic E-state index is 12.6. The van der Waals surface area contributed by atoms with Crippen LogP contribution in [0.4, 0.5) is 5.82 Å². The molecule has 142 valence electrons. The fraction of sp³-hybridized carbons (Fsp3) is 0.190. The highest BCUT2D eigenvalue weighted by Crippen LogP contribution is 2.23. The van der Waals surface area contributed by atoms with E-state index in [9.17, 15) is 4.79 Å². The Morgan fingerprint density at radius 2 is 1.64 bits per heavy atom. The molecule has 1 saturated heterocycles. The minimum Gasteiger partial charge on any atom is -0.439 e. The first-order chi connectivity index (χ1) is 13.7. The summed E-state index contributed by atoms with van der Waals surface area (Å²) < 4.78 is 5.78. The summed E-state index contributed by atoms with van der Waals surface area (Å²) >= 11 is 5.90. The summed E-state index contributed by atoms with van der Waals surface area (Å²) in [6.07, 6.45) is 1.50. The summed E-state index contributed by atoms with van der Waals surface area (Å²) in [7, 11) is 0. The quantitative estimate of drug-likeness (QED) is 0.672. The van der Waals surface area contributed by atoms with Crippen molar-refractivity contribution in [2.75, 3.05) is 31.1 Å². The SMILES string of the molecule is O=C(c1ccc(Cl)cc1)N1CCN(c2cc(Oc3ccccc3)ncn2)CC1. The average molecular weight is 395 g/mol. The molecule has 28 heavy (non-hydrogen) atoms. The number of aromatic nitrogens is 2. The number of hydrogen-bond acceptors (Lipinski definition) is 5. The first-order valence-corrected chi connectivity index (χ1v) is 9.41. The van der Waals surface area contributed by atoms with Crippen LogP contribution in [-0.4, -0.2) is 47.0 Å². The molecule has 4 rings (SSSR count). The number of hydrogen-bond donors (Lipinski definition) is 0. The Hall–Kier alpha value is -3.12. The Morgan fingerprint density at radius 3 is 2.36 bits per heavy atom. The molecule has 1 aromatic heterocycles. The second-order valence-electron chi connectivity index (χ2n) is 6.42. The lowest BCUT2D eigenvalue weighted by Crippen LogP contribution is -2.49.